The number of ether oxygens (including phenoxy) is 1. The van der Waals surface area contributed by atoms with E-state index in [1.165, 1.54) is 19.4 Å². The number of pyridine rings is 2. The topological polar surface area (TPSA) is 129 Å². The third-order valence-electron chi connectivity index (χ3n) is 8.62. The molecule has 2 aromatic heterocycles. The van der Waals surface area contributed by atoms with E-state index in [1.54, 1.807) is 42.6 Å². The molecule has 2 aliphatic heterocycles. The van der Waals surface area contributed by atoms with Gasteiger partial charge in [-0.25, -0.2) is 13.8 Å². The molecule has 2 atom stereocenters. The summed E-state index contributed by atoms with van der Waals surface area (Å²) >= 11 is 13.8. The Labute approximate surface area is 292 Å². The van der Waals surface area contributed by atoms with Crippen molar-refractivity contribution in [3.05, 3.63) is 87.7 Å². The molecule has 0 bridgehead atoms. The van der Waals surface area contributed by atoms with Gasteiger partial charge in [0.15, 0.2) is 11.6 Å². The second-order valence-electron chi connectivity index (χ2n) is 12.0. The summed E-state index contributed by atoms with van der Waals surface area (Å²) in [6, 6.07) is 11.6. The van der Waals surface area contributed by atoms with Gasteiger partial charge in [0.25, 0.3) is 0 Å². The molecule has 2 amide bonds. The van der Waals surface area contributed by atoms with E-state index in [2.05, 4.69) is 36.6 Å². The van der Waals surface area contributed by atoms with Crippen molar-refractivity contribution in [1.29, 1.82) is 0 Å². The van der Waals surface area contributed by atoms with E-state index in [-0.39, 0.29) is 52.9 Å². The van der Waals surface area contributed by atoms with Crippen LogP contribution in [0, 0.1) is 11.6 Å². The number of aromatic nitrogens is 2. The SMILES string of the molecule is COc1cc(-c2nccc(-c3cccc(Nc4nccc(CNC[C@H]5CCC(=O)N5)c4F)c3Cl)c2Cl)cc(F)c1CNC[C@H]1CCC(=O)N1. The lowest BCUT2D eigenvalue weighted by molar-refractivity contribution is -0.120. The summed E-state index contributed by atoms with van der Waals surface area (Å²) in [5.74, 6) is -0.665. The number of nitrogens with one attached hydrogen (secondary N) is 5. The molecule has 0 spiro atoms. The fraction of sp³-hybridized carbons (Fsp3) is 0.314. The molecule has 14 heteroatoms. The number of carbonyl (C=O) groups is 2. The molecule has 0 saturated carbocycles. The lowest BCUT2D eigenvalue weighted by Gasteiger charge is -2.17. The van der Waals surface area contributed by atoms with Crippen LogP contribution in [0.25, 0.3) is 22.4 Å². The smallest absolute Gasteiger partial charge is 0.220 e. The summed E-state index contributed by atoms with van der Waals surface area (Å²) < 4.78 is 36.5. The van der Waals surface area contributed by atoms with Gasteiger partial charge in [-0.2, -0.15) is 0 Å². The van der Waals surface area contributed by atoms with Gasteiger partial charge in [0.2, 0.25) is 11.8 Å². The van der Waals surface area contributed by atoms with Crippen molar-refractivity contribution in [2.75, 3.05) is 25.5 Å². The van der Waals surface area contributed by atoms with Crippen LogP contribution >= 0.6 is 23.2 Å². The summed E-state index contributed by atoms with van der Waals surface area (Å²) in [5.41, 5.74) is 2.96. The molecule has 256 valence electrons. The van der Waals surface area contributed by atoms with Gasteiger partial charge in [0, 0.05) is 91.3 Å². The Morgan fingerprint density at radius 3 is 2.22 bits per heavy atom. The Morgan fingerprint density at radius 2 is 1.55 bits per heavy atom. The molecule has 2 saturated heterocycles. The number of benzene rings is 2. The predicted octanol–water partition coefficient (Wildman–Crippen LogP) is 5.88. The second-order valence-corrected chi connectivity index (χ2v) is 12.7. The molecule has 0 aliphatic carbocycles. The lowest BCUT2D eigenvalue weighted by Crippen LogP contribution is -2.35. The summed E-state index contributed by atoms with van der Waals surface area (Å²) in [6.45, 7) is 1.49. The first kappa shape index (κ1) is 34.5. The Balaban J connectivity index is 1.19. The van der Waals surface area contributed by atoms with Crippen LogP contribution in [0.4, 0.5) is 20.3 Å². The highest BCUT2D eigenvalue weighted by Gasteiger charge is 2.23. The van der Waals surface area contributed by atoms with E-state index in [1.807, 2.05) is 0 Å². The third kappa shape index (κ3) is 7.94. The Kier molecular flexibility index (Phi) is 10.9. The number of methoxy groups -OCH3 is 1. The van der Waals surface area contributed by atoms with Gasteiger partial charge in [-0.05, 0) is 43.2 Å². The Hall–Kier alpha value is -4.36. The highest BCUT2D eigenvalue weighted by atomic mass is 35.5. The van der Waals surface area contributed by atoms with Crippen LogP contribution in [0.1, 0.15) is 36.8 Å². The maximum absolute atomic E-state index is 15.5. The highest BCUT2D eigenvalue weighted by Crippen LogP contribution is 2.42. The van der Waals surface area contributed by atoms with Gasteiger partial charge in [-0.3, -0.25) is 14.6 Å². The number of amides is 2. The molecular formula is C35H35Cl2F2N7O3. The molecule has 2 aromatic carbocycles. The third-order valence-corrected chi connectivity index (χ3v) is 9.41. The maximum Gasteiger partial charge on any atom is 0.220 e. The quantitative estimate of drug-likeness (QED) is 0.116. The minimum absolute atomic E-state index is 0.000762. The summed E-state index contributed by atoms with van der Waals surface area (Å²) in [6.07, 6.45) is 5.53. The first-order valence-electron chi connectivity index (χ1n) is 15.9. The first-order chi connectivity index (χ1) is 23.7. The molecular weight excluding hydrogens is 675 g/mol. The zero-order valence-corrected chi connectivity index (χ0v) is 28.2. The molecule has 4 aromatic rings. The average Bonchev–Trinajstić information content (AvgIpc) is 3.71. The van der Waals surface area contributed by atoms with Crippen molar-refractivity contribution in [2.45, 2.75) is 50.9 Å². The zero-order valence-electron chi connectivity index (χ0n) is 26.6. The monoisotopic (exact) mass is 709 g/mol. The minimum Gasteiger partial charge on any atom is -0.496 e. The molecule has 5 N–H and O–H groups in total. The van der Waals surface area contributed by atoms with Crippen molar-refractivity contribution in [1.82, 2.24) is 31.2 Å². The fourth-order valence-corrected chi connectivity index (χ4v) is 6.64. The van der Waals surface area contributed by atoms with Crippen LogP contribution < -0.4 is 31.3 Å². The van der Waals surface area contributed by atoms with Gasteiger partial charge >= 0.3 is 0 Å². The van der Waals surface area contributed by atoms with Crippen LogP contribution in [-0.4, -0.2) is 54.1 Å². The maximum atomic E-state index is 15.5. The number of carbonyl (C=O) groups excluding carboxylic acids is 2. The van der Waals surface area contributed by atoms with Crippen LogP contribution in [0.3, 0.4) is 0 Å². The zero-order chi connectivity index (χ0) is 34.5. The van der Waals surface area contributed by atoms with Crippen LogP contribution in [0.5, 0.6) is 5.75 Å². The number of anilines is 2. The molecule has 6 rings (SSSR count). The Morgan fingerprint density at radius 1 is 0.878 bits per heavy atom. The number of halogens is 4. The van der Waals surface area contributed by atoms with E-state index in [4.69, 9.17) is 27.9 Å². The molecule has 10 nitrogen and oxygen atoms in total. The second kappa shape index (κ2) is 15.5. The van der Waals surface area contributed by atoms with E-state index < -0.39 is 11.6 Å². The van der Waals surface area contributed by atoms with Crippen molar-refractivity contribution >= 4 is 46.5 Å². The van der Waals surface area contributed by atoms with Crippen LogP contribution in [-0.2, 0) is 22.7 Å². The molecule has 2 fully saturated rings. The highest BCUT2D eigenvalue weighted by molar-refractivity contribution is 6.39. The minimum atomic E-state index is -0.531. The lowest BCUT2D eigenvalue weighted by atomic mass is 10.0. The summed E-state index contributed by atoms with van der Waals surface area (Å²) in [5, 5.41) is 15.7. The van der Waals surface area contributed by atoms with Gasteiger partial charge in [-0.1, -0.05) is 35.3 Å². The number of rotatable bonds is 13. The van der Waals surface area contributed by atoms with Crippen molar-refractivity contribution in [2.24, 2.45) is 0 Å². The number of hydrogen-bond acceptors (Lipinski definition) is 8. The normalized spacial score (nSPS) is 17.2. The van der Waals surface area contributed by atoms with Gasteiger partial charge < -0.3 is 31.3 Å². The van der Waals surface area contributed by atoms with E-state index >= 15 is 8.78 Å². The van der Waals surface area contributed by atoms with Gasteiger partial charge in [-0.15, -0.1) is 0 Å². The molecule has 0 unspecified atom stereocenters. The molecule has 49 heavy (non-hydrogen) atoms. The fourth-order valence-electron chi connectivity index (χ4n) is 6.04. The van der Waals surface area contributed by atoms with Crippen LogP contribution in [0.15, 0.2) is 54.9 Å². The summed E-state index contributed by atoms with van der Waals surface area (Å²) in [7, 11) is 1.46. The summed E-state index contributed by atoms with van der Waals surface area (Å²) in [4.78, 5) is 31.6. The van der Waals surface area contributed by atoms with Gasteiger partial charge in [0.1, 0.15) is 11.6 Å². The molecule has 0 radical (unpaired) electrons. The van der Waals surface area contributed by atoms with E-state index in [9.17, 15) is 9.59 Å². The van der Waals surface area contributed by atoms with Crippen molar-refractivity contribution < 1.29 is 23.1 Å². The van der Waals surface area contributed by atoms with Gasteiger partial charge in [0.05, 0.1) is 28.5 Å². The standard InChI is InChI=1S/C35H35Cl2F2N7O3/c1-49-28-14-20(13-26(38)25(28)18-41-17-22-6-8-30(48)45-22)34-32(37)24(10-12-42-34)23-3-2-4-27(31(23)36)46-35-33(39)19(9-11-43-35)15-40-16-21-5-7-29(47)44-21/h2-4,9-14,21-22,40-41H,5-8,15-18H2,1H3,(H,43,46)(H,44,47)(H,45,48)/t21-,22-/m1/s1. The van der Waals surface area contributed by atoms with Crippen LogP contribution in [0.2, 0.25) is 10.0 Å². The number of hydrogen-bond donors (Lipinski definition) is 5. The predicted molar refractivity (Wildman–Crippen MR) is 185 cm³/mol. The van der Waals surface area contributed by atoms with E-state index in [0.717, 1.165) is 12.8 Å². The van der Waals surface area contributed by atoms with Crippen molar-refractivity contribution in [3.8, 4) is 28.1 Å². The average molecular weight is 711 g/mol. The van der Waals surface area contributed by atoms with Crippen molar-refractivity contribution in [3.63, 3.8) is 0 Å². The number of nitrogens with zero attached hydrogens (tertiary/aromatic N) is 2. The first-order valence-corrected chi connectivity index (χ1v) is 16.7. The largest absolute Gasteiger partial charge is 0.496 e. The Bertz CT molecular complexity index is 1880. The molecule has 2 aliphatic rings. The molecule has 4 heterocycles. The van der Waals surface area contributed by atoms with E-state index in [0.29, 0.717) is 70.9 Å².